The molecule has 0 aliphatic rings. The first-order valence-electron chi connectivity index (χ1n) is 15.2. The van der Waals surface area contributed by atoms with Crippen LogP contribution in [0.3, 0.4) is 0 Å². The maximum Gasteiger partial charge on any atom is 0.454 e. The number of imidazole rings is 2. The summed E-state index contributed by atoms with van der Waals surface area (Å²) in [5.74, 6) is -3.87. The topological polar surface area (TPSA) is 72.9 Å². The molecule has 264 valence electrons. The summed E-state index contributed by atoms with van der Waals surface area (Å²) in [7, 11) is 0. The highest BCUT2D eigenvalue weighted by Gasteiger charge is 2.59. The molecule has 14 heteroatoms. The third-order valence-corrected chi connectivity index (χ3v) is 7.70. The van der Waals surface area contributed by atoms with Crippen LogP contribution in [-0.2, 0) is 18.7 Å². The number of hydrogen-bond acceptors (Lipinski definition) is 4. The molecular weight excluding hydrogens is 672 g/mol. The predicted octanol–water partition coefficient (Wildman–Crippen LogP) is 9.24. The minimum atomic E-state index is -5.03. The van der Waals surface area contributed by atoms with Crippen molar-refractivity contribution in [3.05, 3.63) is 131 Å². The van der Waals surface area contributed by atoms with Gasteiger partial charge in [-0.05, 0) is 99.5 Å². The number of fused-ring (bicyclic) bond motifs is 2. The number of aromatic nitrogens is 4. The van der Waals surface area contributed by atoms with Crippen LogP contribution in [0.25, 0.3) is 22.1 Å². The molecule has 0 fully saturated rings. The molecule has 1 atom stereocenters. The Labute approximate surface area is 281 Å². The molecule has 0 amide bonds. The van der Waals surface area contributed by atoms with E-state index in [4.69, 9.17) is 0 Å². The SMILES string of the molecule is CCn1c(C(O)(c2ccc(F)cc2)C(F)(F)F)nc2ccc(C)cc21.CCn1cnc2ccc(C)cc21.O=C(c1ccc(F)cc1)C(F)(F)F. The Bertz CT molecular complexity index is 2080. The summed E-state index contributed by atoms with van der Waals surface area (Å²) < 4.78 is 106. The van der Waals surface area contributed by atoms with E-state index in [0.29, 0.717) is 11.0 Å². The van der Waals surface area contributed by atoms with Crippen LogP contribution >= 0.6 is 0 Å². The van der Waals surface area contributed by atoms with Crippen molar-refractivity contribution in [2.45, 2.75) is 58.7 Å². The van der Waals surface area contributed by atoms with Gasteiger partial charge in [-0.25, -0.2) is 18.7 Å². The first-order chi connectivity index (χ1) is 23.4. The summed E-state index contributed by atoms with van der Waals surface area (Å²) in [5.41, 5.74) is 0.944. The van der Waals surface area contributed by atoms with Gasteiger partial charge in [0.2, 0.25) is 5.60 Å². The maximum atomic E-state index is 13.9. The summed E-state index contributed by atoms with van der Waals surface area (Å²) in [6.45, 7) is 8.90. The highest BCUT2D eigenvalue weighted by Crippen LogP contribution is 2.44. The normalized spacial score (nSPS) is 12.9. The van der Waals surface area contributed by atoms with Gasteiger partial charge in [-0.15, -0.1) is 0 Å². The Hall–Kier alpha value is -5.11. The van der Waals surface area contributed by atoms with Crippen molar-refractivity contribution in [1.29, 1.82) is 0 Å². The summed E-state index contributed by atoms with van der Waals surface area (Å²) in [6.07, 6.45) is -8.05. The van der Waals surface area contributed by atoms with Crippen LogP contribution in [0.2, 0.25) is 0 Å². The molecule has 1 unspecified atom stereocenters. The number of carbonyl (C=O) groups is 1. The monoisotopic (exact) mass is 704 g/mol. The molecule has 0 aliphatic carbocycles. The Morgan fingerprint density at radius 1 is 0.720 bits per heavy atom. The number of benzene rings is 4. The molecule has 6 aromatic rings. The van der Waals surface area contributed by atoms with Crippen LogP contribution in [-0.4, -0.2) is 42.3 Å². The summed E-state index contributed by atoms with van der Waals surface area (Å²) >= 11 is 0. The third kappa shape index (κ3) is 8.02. The lowest BCUT2D eigenvalue weighted by molar-refractivity contribution is -0.252. The van der Waals surface area contributed by atoms with Crippen molar-refractivity contribution < 1.29 is 45.0 Å². The summed E-state index contributed by atoms with van der Waals surface area (Å²) in [5, 5.41) is 10.7. The number of Topliss-reactive ketones (excluding diaryl/α,β-unsaturated/α-hetero) is 1. The van der Waals surface area contributed by atoms with E-state index >= 15 is 0 Å². The van der Waals surface area contributed by atoms with Crippen LogP contribution in [0.1, 0.15) is 46.7 Å². The van der Waals surface area contributed by atoms with E-state index in [2.05, 4.69) is 46.6 Å². The van der Waals surface area contributed by atoms with E-state index in [1.54, 1.807) is 25.1 Å². The number of aliphatic hydroxyl groups is 1. The minimum absolute atomic E-state index is 0.189. The zero-order valence-electron chi connectivity index (χ0n) is 27.2. The molecule has 0 saturated heterocycles. The second-order valence-electron chi connectivity index (χ2n) is 11.2. The molecule has 1 N–H and O–H groups in total. The molecule has 0 bridgehead atoms. The molecule has 50 heavy (non-hydrogen) atoms. The summed E-state index contributed by atoms with van der Waals surface area (Å²) in [4.78, 5) is 18.9. The second-order valence-corrected chi connectivity index (χ2v) is 11.2. The average Bonchev–Trinajstić information content (AvgIpc) is 3.64. The second kappa shape index (κ2) is 14.8. The lowest BCUT2D eigenvalue weighted by atomic mass is 9.92. The molecule has 2 heterocycles. The molecule has 0 spiro atoms. The molecule has 0 radical (unpaired) electrons. The number of ketones is 1. The fraction of sp³-hybridized carbons (Fsp3) is 0.250. The summed E-state index contributed by atoms with van der Waals surface area (Å²) in [6, 6.07) is 18.2. The van der Waals surface area contributed by atoms with Crippen LogP contribution in [0.5, 0.6) is 0 Å². The molecule has 6 rings (SSSR count). The fourth-order valence-electron chi connectivity index (χ4n) is 5.12. The lowest BCUT2D eigenvalue weighted by Gasteiger charge is -2.30. The van der Waals surface area contributed by atoms with E-state index in [9.17, 15) is 45.0 Å². The highest BCUT2D eigenvalue weighted by atomic mass is 19.4. The number of carbonyl (C=O) groups excluding carboxylic acids is 1. The number of halogens is 8. The Morgan fingerprint density at radius 3 is 1.74 bits per heavy atom. The van der Waals surface area contributed by atoms with Gasteiger partial charge in [0.25, 0.3) is 5.78 Å². The third-order valence-electron chi connectivity index (χ3n) is 7.70. The standard InChI is InChI=1S/C18H16F4N2O.C10H12N2.C8H4F4O/c1-3-24-15-10-11(2)4-9-14(15)23-16(24)17(25,18(20,21)22)12-5-7-13(19)8-6-12;1-3-12-7-11-9-5-4-8(2)6-10(9)12;9-6-3-1-5(2-4-6)7(13)8(10,11)12/h4-10,25H,3H2,1-2H3;4-7H,3H2,1-2H3;1-4H. The van der Waals surface area contributed by atoms with E-state index in [0.717, 1.165) is 66.2 Å². The molecule has 4 aromatic carbocycles. The van der Waals surface area contributed by atoms with Gasteiger partial charge in [-0.2, -0.15) is 26.3 Å². The van der Waals surface area contributed by atoms with Crippen LogP contribution < -0.4 is 0 Å². The van der Waals surface area contributed by atoms with Gasteiger partial charge in [-0.3, -0.25) is 4.79 Å². The van der Waals surface area contributed by atoms with Crippen molar-refractivity contribution in [2.24, 2.45) is 0 Å². The smallest absolute Gasteiger partial charge is 0.370 e. The maximum absolute atomic E-state index is 13.9. The largest absolute Gasteiger partial charge is 0.454 e. The van der Waals surface area contributed by atoms with Crippen molar-refractivity contribution in [3.63, 3.8) is 0 Å². The van der Waals surface area contributed by atoms with Crippen molar-refractivity contribution in [3.8, 4) is 0 Å². The molecular formula is C36H32F8N4O2. The number of aryl methyl sites for hydroxylation is 4. The van der Waals surface area contributed by atoms with E-state index in [-0.39, 0.29) is 6.54 Å². The Kier molecular flexibility index (Phi) is 11.2. The van der Waals surface area contributed by atoms with Gasteiger partial charge in [0.05, 0.1) is 28.4 Å². The number of alkyl halides is 6. The van der Waals surface area contributed by atoms with Gasteiger partial charge in [0.15, 0.2) is 5.82 Å². The Balaban J connectivity index is 0.000000188. The van der Waals surface area contributed by atoms with Gasteiger partial charge < -0.3 is 14.2 Å². The van der Waals surface area contributed by atoms with Crippen molar-refractivity contribution in [1.82, 2.24) is 19.1 Å². The Morgan fingerprint density at radius 2 is 1.24 bits per heavy atom. The van der Waals surface area contributed by atoms with Gasteiger partial charge in [-0.1, -0.05) is 24.3 Å². The predicted molar refractivity (Wildman–Crippen MR) is 173 cm³/mol. The molecule has 2 aromatic heterocycles. The highest BCUT2D eigenvalue weighted by molar-refractivity contribution is 6.00. The molecule has 6 nitrogen and oxygen atoms in total. The van der Waals surface area contributed by atoms with Gasteiger partial charge in [0.1, 0.15) is 11.6 Å². The van der Waals surface area contributed by atoms with E-state index in [1.165, 1.54) is 15.6 Å². The van der Waals surface area contributed by atoms with E-state index < -0.39 is 52.3 Å². The average molecular weight is 705 g/mol. The van der Waals surface area contributed by atoms with Crippen molar-refractivity contribution in [2.75, 3.05) is 0 Å². The van der Waals surface area contributed by atoms with Crippen LogP contribution in [0, 0.1) is 25.5 Å². The zero-order valence-corrected chi connectivity index (χ0v) is 27.2. The fourth-order valence-corrected chi connectivity index (χ4v) is 5.12. The van der Waals surface area contributed by atoms with Crippen LogP contribution in [0.4, 0.5) is 35.1 Å². The quantitative estimate of drug-likeness (QED) is 0.144. The molecule has 0 saturated carbocycles. The van der Waals surface area contributed by atoms with E-state index in [1.807, 2.05) is 13.3 Å². The molecule has 0 aliphatic heterocycles. The first-order valence-corrected chi connectivity index (χ1v) is 15.2. The van der Waals surface area contributed by atoms with Crippen LogP contribution in [0.15, 0.2) is 91.3 Å². The lowest BCUT2D eigenvalue weighted by Crippen LogP contribution is -2.45. The number of rotatable bonds is 5. The first kappa shape index (κ1) is 37.7. The zero-order chi connectivity index (χ0) is 37.0. The van der Waals surface area contributed by atoms with Gasteiger partial charge in [0, 0.05) is 24.2 Å². The van der Waals surface area contributed by atoms with Crippen molar-refractivity contribution >= 4 is 27.9 Å². The number of nitrogens with zero attached hydrogens (tertiary/aromatic N) is 4. The minimum Gasteiger partial charge on any atom is -0.370 e. The number of hydrogen-bond donors (Lipinski definition) is 1. The van der Waals surface area contributed by atoms with Gasteiger partial charge >= 0.3 is 12.4 Å².